The normalized spacial score (nSPS) is 11.9. The Labute approximate surface area is 797 Å². The average molecular weight is 1800 g/mol. The Morgan fingerprint density at radius 2 is 0.504 bits per heavy atom. The smallest absolute Gasteiger partial charge is 0.235 e. The zero-order valence-corrected chi connectivity index (χ0v) is 75.3. The summed E-state index contributed by atoms with van der Waals surface area (Å²) < 4.78 is 28.8. The van der Waals surface area contributed by atoms with Gasteiger partial charge in [-0.25, -0.2) is 29.9 Å². The number of hydrogen-bond acceptors (Lipinski definition) is 10. The number of fused-ring (bicyclic) bond motifs is 27. The summed E-state index contributed by atoms with van der Waals surface area (Å²) in [5.41, 5.74) is 29.2. The minimum absolute atomic E-state index is 0.607. The van der Waals surface area contributed by atoms with Gasteiger partial charge in [-0.2, -0.15) is 0 Å². The second-order valence-electron chi connectivity index (χ2n) is 35.4. The summed E-state index contributed by atoms with van der Waals surface area (Å²) in [4.78, 5) is 31.5. The van der Waals surface area contributed by atoms with Gasteiger partial charge < -0.3 is 13.3 Å². The first kappa shape index (κ1) is 79.0. The number of nitrogens with zero attached hydrogens (tertiary/aromatic N) is 9. The minimum Gasteiger partial charge on any atom is -0.455 e. The maximum atomic E-state index is 6.66. The molecule has 13 heteroatoms. The van der Waals surface area contributed by atoms with Gasteiger partial charge in [-0.3, -0.25) is 13.7 Å². The van der Waals surface area contributed by atoms with Crippen LogP contribution in [0, 0.1) is 0 Å². The van der Waals surface area contributed by atoms with Crippen molar-refractivity contribution < 1.29 is 13.3 Å². The third-order valence-electron chi connectivity index (χ3n) is 27.5. The van der Waals surface area contributed by atoms with E-state index >= 15 is 0 Å². The fraction of sp³-hybridized carbons (Fsp3) is 0. The van der Waals surface area contributed by atoms with Crippen LogP contribution < -0.4 is 0 Å². The first-order valence-electron chi connectivity index (χ1n) is 46.7. The molecule has 648 valence electrons. The molecule has 30 aromatic rings. The van der Waals surface area contributed by atoms with Crippen LogP contribution in [0.4, 0.5) is 0 Å². The number of rotatable bonds is 10. The first-order valence-corrected chi connectivity index (χ1v) is 47.5. The molecule has 0 bridgehead atoms. The zero-order valence-electron chi connectivity index (χ0n) is 74.5. The summed E-state index contributed by atoms with van der Waals surface area (Å²) >= 11 is 1.86. The van der Waals surface area contributed by atoms with Crippen molar-refractivity contribution in [3.05, 3.63) is 455 Å². The van der Waals surface area contributed by atoms with Gasteiger partial charge in [0.1, 0.15) is 33.5 Å². The largest absolute Gasteiger partial charge is 0.455 e. The van der Waals surface area contributed by atoms with Crippen LogP contribution in [0.2, 0.25) is 0 Å². The van der Waals surface area contributed by atoms with Crippen molar-refractivity contribution in [1.29, 1.82) is 0 Å². The molecule has 0 N–H and O–H groups in total. The van der Waals surface area contributed by atoms with Crippen molar-refractivity contribution in [3.63, 3.8) is 0 Å². The Hall–Kier alpha value is -18.6. The number of aromatic nitrogens is 9. The standard InChI is InChI=1S/C50H29N3O2.C38H23N3O.C38H23N3S/c1-2-12-30(13-3-1)47-39-18-4-7-21-41(39)51-50(52-47)53-42-27-26-38-36-17-6-9-23-45(36)55-49(38)46(42)40-25-24-32(29-43(40)53)31-14-10-15-33(28-31)34-19-11-20-37-35-16-5-8-22-44(35)54-48(34)37;2*1-2-11-24(12-3-1)25-13-10-14-26(23-25)36-29-16-4-7-18-31(29)39-38(40-36)41-32-19-8-5-17-30(32)35-33(41)22-21-28-27-15-6-9-20-34(27)42-37(28)35/h1-29H;2*1-23H. The summed E-state index contributed by atoms with van der Waals surface area (Å²) in [6.07, 6.45) is 0. The van der Waals surface area contributed by atoms with Crippen molar-refractivity contribution in [2.24, 2.45) is 0 Å². The highest BCUT2D eigenvalue weighted by Crippen LogP contribution is 2.49. The molecule has 0 unspecified atom stereocenters. The van der Waals surface area contributed by atoms with E-state index in [0.29, 0.717) is 17.8 Å². The van der Waals surface area contributed by atoms with Crippen LogP contribution in [0.3, 0.4) is 0 Å². The summed E-state index contributed by atoms with van der Waals surface area (Å²) in [6.45, 7) is 0. The molecule has 0 radical (unpaired) electrons. The molecule has 0 saturated heterocycles. The van der Waals surface area contributed by atoms with Crippen LogP contribution in [0.25, 0.3) is 280 Å². The third kappa shape index (κ3) is 13.0. The molecule has 0 aliphatic carbocycles. The van der Waals surface area contributed by atoms with Crippen molar-refractivity contribution in [2.75, 3.05) is 0 Å². The molecule has 20 aromatic carbocycles. The van der Waals surface area contributed by atoms with E-state index in [-0.39, 0.29) is 0 Å². The highest BCUT2D eigenvalue weighted by molar-refractivity contribution is 7.26. The fourth-order valence-electron chi connectivity index (χ4n) is 21.1. The molecule has 0 saturated carbocycles. The second-order valence-corrected chi connectivity index (χ2v) is 36.4. The van der Waals surface area contributed by atoms with Crippen LogP contribution in [0.1, 0.15) is 0 Å². The Morgan fingerprint density at radius 1 is 0.180 bits per heavy atom. The molecule has 0 aliphatic heterocycles. The molecule has 30 rings (SSSR count). The van der Waals surface area contributed by atoms with Crippen molar-refractivity contribution in [2.45, 2.75) is 0 Å². The molecule has 10 heterocycles. The topological polar surface area (TPSA) is 132 Å². The molecule has 10 aromatic heterocycles. The van der Waals surface area contributed by atoms with Gasteiger partial charge in [-0.1, -0.05) is 346 Å². The van der Waals surface area contributed by atoms with E-state index in [1.807, 2.05) is 78.1 Å². The quantitative estimate of drug-likeness (QED) is 0.131. The molecule has 139 heavy (non-hydrogen) atoms. The lowest BCUT2D eigenvalue weighted by Gasteiger charge is -2.12. The van der Waals surface area contributed by atoms with E-state index < -0.39 is 0 Å². The van der Waals surface area contributed by atoms with Crippen LogP contribution >= 0.6 is 11.3 Å². The van der Waals surface area contributed by atoms with Crippen molar-refractivity contribution >= 4 is 195 Å². The van der Waals surface area contributed by atoms with E-state index in [4.69, 9.17) is 43.2 Å². The lowest BCUT2D eigenvalue weighted by atomic mass is 9.97. The fourth-order valence-corrected chi connectivity index (χ4v) is 22.4. The number of hydrogen-bond donors (Lipinski definition) is 0. The molecule has 0 atom stereocenters. The van der Waals surface area contributed by atoms with Gasteiger partial charge in [0.25, 0.3) is 0 Å². The highest BCUT2D eigenvalue weighted by atomic mass is 32.1. The van der Waals surface area contributed by atoms with E-state index in [9.17, 15) is 0 Å². The maximum absolute atomic E-state index is 6.66. The number of furan rings is 3. The lowest BCUT2D eigenvalue weighted by molar-refractivity contribution is 0.670. The van der Waals surface area contributed by atoms with Crippen LogP contribution in [0.5, 0.6) is 0 Å². The van der Waals surface area contributed by atoms with E-state index in [1.54, 1.807) is 0 Å². The SMILES string of the molecule is c1ccc(-c2cccc(-c3nc(-n4c5ccccc5c5c6oc7ccccc7c6ccc54)nc4ccccc34)c2)cc1.c1ccc(-c2cccc(-c3nc(-n4c5ccccc5c5c6sc7ccccc7c6ccc54)nc4ccccc34)c2)cc1.c1ccc(-c2nc(-n3c4cc(-c5cccc(-c6cccc7c6oc6ccccc67)c5)ccc4c4c5oc6ccccc6c5ccc43)nc3ccccc23)cc1. The molecular formula is C126H75N9O3S. The van der Waals surface area contributed by atoms with Gasteiger partial charge in [-0.05, 0) is 148 Å². The van der Waals surface area contributed by atoms with Crippen LogP contribution in [-0.2, 0) is 0 Å². The first-order chi connectivity index (χ1) is 68.9. The van der Waals surface area contributed by atoms with E-state index in [2.05, 4.69) is 402 Å². The minimum atomic E-state index is 0.607. The third-order valence-corrected chi connectivity index (χ3v) is 28.7. The van der Waals surface area contributed by atoms with Crippen LogP contribution in [-0.4, -0.2) is 43.6 Å². The predicted molar refractivity (Wildman–Crippen MR) is 574 cm³/mol. The highest BCUT2D eigenvalue weighted by Gasteiger charge is 2.28. The number of para-hydroxylation sites is 9. The Bertz CT molecular complexity index is 9930. The number of benzene rings is 20. The lowest BCUT2D eigenvalue weighted by Crippen LogP contribution is -2.03. The Morgan fingerprint density at radius 3 is 1.01 bits per heavy atom. The van der Waals surface area contributed by atoms with Gasteiger partial charge in [0, 0.05) is 112 Å². The predicted octanol–water partition coefficient (Wildman–Crippen LogP) is 33.9. The molecule has 0 spiro atoms. The monoisotopic (exact) mass is 1790 g/mol. The zero-order chi connectivity index (χ0) is 91.3. The van der Waals surface area contributed by atoms with Gasteiger partial charge >= 0.3 is 0 Å². The molecule has 0 aliphatic rings. The van der Waals surface area contributed by atoms with Gasteiger partial charge in [0.05, 0.1) is 77.5 Å². The van der Waals surface area contributed by atoms with E-state index in [1.165, 1.54) is 47.6 Å². The molecule has 0 amide bonds. The summed E-state index contributed by atoms with van der Waals surface area (Å²) in [6, 6.07) is 159. The number of thiophene rings is 1. The van der Waals surface area contributed by atoms with Crippen molar-refractivity contribution in [3.8, 4) is 96.1 Å². The summed E-state index contributed by atoms with van der Waals surface area (Å²) in [5, 5.41) is 19.1. The van der Waals surface area contributed by atoms with Gasteiger partial charge in [0.2, 0.25) is 17.8 Å². The second kappa shape index (κ2) is 32.1. The van der Waals surface area contributed by atoms with E-state index in [0.717, 1.165) is 215 Å². The Kier molecular flexibility index (Phi) is 18.3. The van der Waals surface area contributed by atoms with Crippen molar-refractivity contribution in [1.82, 2.24) is 43.6 Å². The maximum Gasteiger partial charge on any atom is 0.235 e. The molecular weight excluding hydrogens is 1720 g/mol. The molecule has 12 nitrogen and oxygen atoms in total. The van der Waals surface area contributed by atoms with Gasteiger partial charge in [0.15, 0.2) is 0 Å². The summed E-state index contributed by atoms with van der Waals surface area (Å²) in [5.74, 6) is 1.92. The van der Waals surface area contributed by atoms with Gasteiger partial charge in [-0.15, -0.1) is 11.3 Å². The molecule has 0 fully saturated rings. The Balaban J connectivity index is 0.000000104. The summed E-state index contributed by atoms with van der Waals surface area (Å²) in [7, 11) is 0. The average Bonchev–Trinajstić information content (AvgIpc) is 1.16. The van der Waals surface area contributed by atoms with Crippen LogP contribution in [0.15, 0.2) is 468 Å².